The number of halogens is 1. The molecule has 34 heavy (non-hydrogen) atoms. The van der Waals surface area contributed by atoms with Crippen LogP contribution in [0.4, 0.5) is 10.2 Å². The number of pyridine rings is 1. The number of hydrogen-bond donors (Lipinski definition) is 3. The van der Waals surface area contributed by atoms with Crippen molar-refractivity contribution >= 4 is 38.2 Å². The third-order valence-corrected chi connectivity index (χ3v) is 8.79. The molecule has 2 saturated heterocycles. The van der Waals surface area contributed by atoms with Gasteiger partial charge in [-0.15, -0.1) is 11.8 Å². The first-order chi connectivity index (χ1) is 16.2. The molecule has 0 aromatic carbocycles. The van der Waals surface area contributed by atoms with E-state index in [1.54, 1.807) is 12.1 Å². The highest BCUT2D eigenvalue weighted by atomic mass is 32.2. The predicted molar refractivity (Wildman–Crippen MR) is 132 cm³/mol. The van der Waals surface area contributed by atoms with Crippen molar-refractivity contribution in [1.82, 2.24) is 19.4 Å². The third-order valence-electron chi connectivity index (χ3n) is 6.64. The first kappa shape index (κ1) is 24.0. The topological polar surface area (TPSA) is 112 Å². The highest BCUT2D eigenvalue weighted by molar-refractivity contribution is 8.13. The molecule has 0 radical (unpaired) electrons. The van der Waals surface area contributed by atoms with Crippen LogP contribution in [0.15, 0.2) is 17.0 Å². The van der Waals surface area contributed by atoms with E-state index in [4.69, 9.17) is 15.1 Å². The molecule has 2 atom stereocenters. The highest BCUT2D eigenvalue weighted by Gasteiger charge is 2.43. The number of thioether (sulfide) groups is 1. The lowest BCUT2D eigenvalue weighted by atomic mass is 10.0. The number of sulfonamides is 1. The summed E-state index contributed by atoms with van der Waals surface area (Å²) < 4.78 is 50.3. The third kappa shape index (κ3) is 4.23. The summed E-state index contributed by atoms with van der Waals surface area (Å²) in [5.41, 5.74) is -0.148. The van der Waals surface area contributed by atoms with Gasteiger partial charge in [0.15, 0.2) is 0 Å². The smallest absolute Gasteiger partial charge is 0.241 e. The summed E-state index contributed by atoms with van der Waals surface area (Å²) in [6, 6.07) is 3.68. The lowest BCUT2D eigenvalue weighted by molar-refractivity contribution is -0.0725. The van der Waals surface area contributed by atoms with Gasteiger partial charge >= 0.3 is 0 Å². The second-order valence-corrected chi connectivity index (χ2v) is 12.3. The molecule has 0 unspecified atom stereocenters. The van der Waals surface area contributed by atoms with Gasteiger partial charge in [-0.3, -0.25) is 9.81 Å². The van der Waals surface area contributed by atoms with Crippen molar-refractivity contribution < 1.29 is 17.5 Å². The van der Waals surface area contributed by atoms with Gasteiger partial charge in [-0.2, -0.15) is 4.72 Å². The van der Waals surface area contributed by atoms with E-state index in [1.807, 2.05) is 10.7 Å². The summed E-state index contributed by atoms with van der Waals surface area (Å²) in [5.74, 6) is 1.92. The molecule has 2 aromatic rings. The minimum atomic E-state index is -4.05. The molecule has 3 aliphatic rings. The summed E-state index contributed by atoms with van der Waals surface area (Å²) in [6.07, 6.45) is 3.87. The minimum absolute atomic E-state index is 0.00549. The maximum atomic E-state index is 13.7. The van der Waals surface area contributed by atoms with Gasteiger partial charge < -0.3 is 15.0 Å². The Bertz CT molecular complexity index is 1210. The molecule has 0 bridgehead atoms. The summed E-state index contributed by atoms with van der Waals surface area (Å²) in [7, 11) is -4.05. The van der Waals surface area contributed by atoms with Crippen molar-refractivity contribution in [2.45, 2.75) is 55.1 Å². The van der Waals surface area contributed by atoms with Crippen LogP contribution in [0.25, 0.3) is 5.52 Å². The zero-order chi connectivity index (χ0) is 24.3. The van der Waals surface area contributed by atoms with Crippen molar-refractivity contribution in [2.24, 2.45) is 0 Å². The normalized spacial score (nSPS) is 24.9. The molecule has 1 aliphatic carbocycles. The van der Waals surface area contributed by atoms with Crippen LogP contribution in [-0.2, 0) is 14.8 Å². The molecule has 2 aromatic heterocycles. The number of hydrogen-bond acceptors (Lipinski definition) is 8. The number of nitrogens with zero attached hydrogens (tertiary/aromatic N) is 3. The van der Waals surface area contributed by atoms with E-state index in [1.165, 1.54) is 11.8 Å². The molecule has 186 valence electrons. The second-order valence-electron chi connectivity index (χ2n) is 9.78. The molecule has 0 amide bonds. The number of anilines is 1. The quantitative estimate of drug-likeness (QED) is 0.386. The molecular formula is C22H31FN6O3S2. The van der Waals surface area contributed by atoms with Crippen molar-refractivity contribution in [3.8, 4) is 0 Å². The number of imidazole rings is 1. The number of piperazine rings is 1. The number of ether oxygens (including phenoxy) is 1. The zero-order valence-electron chi connectivity index (χ0n) is 19.6. The van der Waals surface area contributed by atoms with Crippen molar-refractivity contribution in [2.75, 3.05) is 44.1 Å². The Labute approximate surface area is 203 Å². The van der Waals surface area contributed by atoms with Crippen LogP contribution in [0, 0.1) is 5.41 Å². The van der Waals surface area contributed by atoms with Crippen LogP contribution in [-0.4, -0.2) is 79.7 Å². The van der Waals surface area contributed by atoms with E-state index in [0.717, 1.165) is 24.5 Å². The number of alkyl halides is 1. The van der Waals surface area contributed by atoms with Crippen LogP contribution in [0.2, 0.25) is 0 Å². The monoisotopic (exact) mass is 510 g/mol. The Hall–Kier alpha value is -1.73. The molecule has 0 spiro atoms. The first-order valence-electron chi connectivity index (χ1n) is 11.5. The van der Waals surface area contributed by atoms with Gasteiger partial charge in [-0.25, -0.2) is 17.8 Å². The minimum Gasteiger partial charge on any atom is -0.377 e. The zero-order valence-corrected chi connectivity index (χ0v) is 21.2. The fraction of sp³-hybridized carbons (Fsp3) is 0.636. The summed E-state index contributed by atoms with van der Waals surface area (Å²) >= 11 is 1.27. The number of aromatic nitrogens is 2. The van der Waals surface area contributed by atoms with Gasteiger partial charge in [0.2, 0.25) is 10.0 Å². The van der Waals surface area contributed by atoms with Crippen molar-refractivity contribution in [1.29, 1.82) is 5.41 Å². The highest BCUT2D eigenvalue weighted by Crippen LogP contribution is 2.42. The Morgan fingerprint density at radius 3 is 2.53 bits per heavy atom. The molecule has 9 nitrogen and oxygen atoms in total. The lowest BCUT2D eigenvalue weighted by Crippen LogP contribution is -2.63. The molecule has 12 heteroatoms. The van der Waals surface area contributed by atoms with E-state index in [9.17, 15) is 12.8 Å². The summed E-state index contributed by atoms with van der Waals surface area (Å²) in [5, 5.41) is 12.3. The second kappa shape index (κ2) is 8.74. The van der Waals surface area contributed by atoms with Gasteiger partial charge in [0, 0.05) is 31.1 Å². The Morgan fingerprint density at radius 2 is 2.00 bits per heavy atom. The van der Waals surface area contributed by atoms with Gasteiger partial charge in [0.25, 0.3) is 0 Å². The van der Waals surface area contributed by atoms with Crippen LogP contribution in [0.1, 0.15) is 44.1 Å². The lowest BCUT2D eigenvalue weighted by Gasteiger charge is -2.39. The largest absolute Gasteiger partial charge is 0.377 e. The fourth-order valence-electron chi connectivity index (χ4n) is 4.83. The van der Waals surface area contributed by atoms with Gasteiger partial charge in [-0.1, -0.05) is 0 Å². The van der Waals surface area contributed by atoms with E-state index in [2.05, 4.69) is 28.8 Å². The van der Waals surface area contributed by atoms with E-state index in [0.29, 0.717) is 30.2 Å². The predicted octanol–water partition coefficient (Wildman–Crippen LogP) is 2.10. The number of fused-ring (bicyclic) bond motifs is 1. The van der Waals surface area contributed by atoms with Crippen LogP contribution < -0.4 is 14.9 Å². The standard InChI is InChI=1S/C22H31FN6O3S2/c1-13-8-28(9-14(2)25-13)18-7-16(34(30,31)27-22(10-23)11-32-12-22)6-17-19(20(24)33-3)26-21(29(17)18)15-4-5-15/h6-7,13-15,24-25,27H,4-5,8-12H2,1-3H3/t13-,14-/m0/s1. The van der Waals surface area contributed by atoms with E-state index < -0.39 is 22.2 Å². The fourth-order valence-corrected chi connectivity index (χ4v) is 6.56. The summed E-state index contributed by atoms with van der Waals surface area (Å²) in [6.45, 7) is 4.79. The average molecular weight is 511 g/mol. The first-order valence-corrected chi connectivity index (χ1v) is 14.2. The van der Waals surface area contributed by atoms with Crippen LogP contribution >= 0.6 is 11.8 Å². The van der Waals surface area contributed by atoms with Gasteiger partial charge in [-0.05, 0) is 45.1 Å². The number of nitrogens with one attached hydrogen (secondary N) is 3. The molecule has 2 aliphatic heterocycles. The van der Waals surface area contributed by atoms with Crippen molar-refractivity contribution in [3.63, 3.8) is 0 Å². The van der Waals surface area contributed by atoms with E-state index >= 15 is 0 Å². The SMILES string of the molecule is CSC(=N)c1nc(C2CC2)n2c(N3C[C@H](C)N[C@@H](C)C3)cc(S(=O)(=O)NC3(CF)COC3)cc12. The Balaban J connectivity index is 1.70. The molecule has 3 fully saturated rings. The Kier molecular flexibility index (Phi) is 6.16. The molecule has 3 N–H and O–H groups in total. The Morgan fingerprint density at radius 1 is 1.32 bits per heavy atom. The molecule has 5 rings (SSSR count). The summed E-state index contributed by atoms with van der Waals surface area (Å²) in [4.78, 5) is 7.07. The van der Waals surface area contributed by atoms with Crippen LogP contribution in [0.5, 0.6) is 0 Å². The molecular weight excluding hydrogens is 479 g/mol. The molecule has 1 saturated carbocycles. The number of rotatable bonds is 7. The van der Waals surface area contributed by atoms with Gasteiger partial charge in [0.1, 0.15) is 34.6 Å². The maximum absolute atomic E-state index is 13.7. The van der Waals surface area contributed by atoms with E-state index in [-0.39, 0.29) is 35.2 Å². The van der Waals surface area contributed by atoms with Gasteiger partial charge in [0.05, 0.1) is 23.6 Å². The van der Waals surface area contributed by atoms with Crippen LogP contribution in [0.3, 0.4) is 0 Å². The average Bonchev–Trinajstić information content (AvgIpc) is 3.54. The maximum Gasteiger partial charge on any atom is 0.241 e. The van der Waals surface area contributed by atoms with Crippen molar-refractivity contribution in [3.05, 3.63) is 23.7 Å². The molecule has 4 heterocycles.